The minimum Gasteiger partial charge on any atom is -0.505 e. The summed E-state index contributed by atoms with van der Waals surface area (Å²) in [5.74, 6) is -0.00517. The number of non-ortho nitro benzene ring substituents is 1. The van der Waals surface area contributed by atoms with Gasteiger partial charge in [-0.2, -0.15) is 5.10 Å². The standard InChI is InChI=1S/C9H6ClN3O3/c10-8-3-6(13(15)16)1-2-9(8)12-5-7(14)4-11-12/h1-5,14H. The monoisotopic (exact) mass is 239 g/mol. The van der Waals surface area contributed by atoms with E-state index in [1.54, 1.807) is 0 Å². The molecule has 1 aromatic carbocycles. The average molecular weight is 240 g/mol. The van der Waals surface area contributed by atoms with Crippen molar-refractivity contribution < 1.29 is 10.0 Å². The third-order valence-corrected chi connectivity index (χ3v) is 2.26. The molecular formula is C9H6ClN3O3. The molecule has 6 nitrogen and oxygen atoms in total. The first kappa shape index (κ1) is 10.4. The number of aromatic hydroxyl groups is 1. The van der Waals surface area contributed by atoms with E-state index in [0.29, 0.717) is 5.69 Å². The van der Waals surface area contributed by atoms with Crippen molar-refractivity contribution in [2.24, 2.45) is 0 Å². The average Bonchev–Trinajstić information content (AvgIpc) is 2.64. The van der Waals surface area contributed by atoms with Crippen LogP contribution in [-0.2, 0) is 0 Å². The lowest BCUT2D eigenvalue weighted by Gasteiger charge is -2.02. The number of nitrogens with zero attached hydrogens (tertiary/aromatic N) is 3. The number of hydrogen-bond acceptors (Lipinski definition) is 4. The molecule has 1 heterocycles. The van der Waals surface area contributed by atoms with E-state index in [1.165, 1.54) is 35.3 Å². The maximum Gasteiger partial charge on any atom is 0.271 e. The van der Waals surface area contributed by atoms with E-state index in [4.69, 9.17) is 16.7 Å². The van der Waals surface area contributed by atoms with Crippen LogP contribution in [0.5, 0.6) is 5.75 Å². The van der Waals surface area contributed by atoms with Crippen LogP contribution < -0.4 is 0 Å². The van der Waals surface area contributed by atoms with Gasteiger partial charge in [0.2, 0.25) is 0 Å². The van der Waals surface area contributed by atoms with Crippen molar-refractivity contribution in [3.63, 3.8) is 0 Å². The lowest BCUT2D eigenvalue weighted by atomic mass is 10.3. The van der Waals surface area contributed by atoms with Crippen LogP contribution in [0.2, 0.25) is 5.02 Å². The predicted molar refractivity (Wildman–Crippen MR) is 56.9 cm³/mol. The van der Waals surface area contributed by atoms with Crippen LogP contribution in [0.25, 0.3) is 5.69 Å². The third-order valence-electron chi connectivity index (χ3n) is 1.96. The van der Waals surface area contributed by atoms with Crippen molar-refractivity contribution in [3.05, 3.63) is 45.7 Å². The van der Waals surface area contributed by atoms with Crippen LogP contribution in [0, 0.1) is 10.1 Å². The highest BCUT2D eigenvalue weighted by Gasteiger charge is 2.11. The molecule has 1 N–H and O–H groups in total. The highest BCUT2D eigenvalue weighted by molar-refractivity contribution is 6.32. The number of halogens is 1. The van der Waals surface area contributed by atoms with Gasteiger partial charge in [0.05, 0.1) is 28.0 Å². The fourth-order valence-electron chi connectivity index (χ4n) is 1.24. The van der Waals surface area contributed by atoms with Crippen molar-refractivity contribution in [1.82, 2.24) is 9.78 Å². The van der Waals surface area contributed by atoms with E-state index < -0.39 is 4.92 Å². The lowest BCUT2D eigenvalue weighted by molar-refractivity contribution is -0.384. The molecule has 2 rings (SSSR count). The molecule has 1 aromatic heterocycles. The highest BCUT2D eigenvalue weighted by Crippen LogP contribution is 2.25. The van der Waals surface area contributed by atoms with E-state index in [-0.39, 0.29) is 16.5 Å². The summed E-state index contributed by atoms with van der Waals surface area (Å²) in [6.45, 7) is 0. The maximum atomic E-state index is 10.5. The number of nitro groups is 1. The Bertz CT molecular complexity index is 553. The zero-order valence-corrected chi connectivity index (χ0v) is 8.63. The van der Waals surface area contributed by atoms with Gasteiger partial charge in [0, 0.05) is 12.1 Å². The smallest absolute Gasteiger partial charge is 0.271 e. The minimum atomic E-state index is -0.532. The first-order chi connectivity index (χ1) is 7.58. The van der Waals surface area contributed by atoms with Crippen LogP contribution in [0.15, 0.2) is 30.6 Å². The molecule has 0 saturated carbocycles. The Morgan fingerprint density at radius 3 is 2.75 bits per heavy atom. The highest BCUT2D eigenvalue weighted by atomic mass is 35.5. The van der Waals surface area contributed by atoms with Crippen LogP contribution in [0.4, 0.5) is 5.69 Å². The van der Waals surface area contributed by atoms with E-state index in [9.17, 15) is 10.1 Å². The normalized spacial score (nSPS) is 10.3. The van der Waals surface area contributed by atoms with Gasteiger partial charge in [-0.1, -0.05) is 11.6 Å². The SMILES string of the molecule is O=[N+]([O-])c1ccc(-n2cc(O)cn2)c(Cl)c1. The molecule has 0 saturated heterocycles. The Labute approximate surface area is 94.8 Å². The molecule has 82 valence electrons. The molecule has 0 aliphatic heterocycles. The minimum absolute atomic E-state index is 0.00517. The van der Waals surface area contributed by atoms with Gasteiger partial charge in [-0.05, 0) is 6.07 Å². The van der Waals surface area contributed by atoms with Gasteiger partial charge in [0.15, 0.2) is 5.75 Å². The van der Waals surface area contributed by atoms with E-state index >= 15 is 0 Å². The largest absolute Gasteiger partial charge is 0.505 e. The second-order valence-electron chi connectivity index (χ2n) is 3.04. The number of rotatable bonds is 2. The molecule has 0 aliphatic rings. The van der Waals surface area contributed by atoms with E-state index in [2.05, 4.69) is 5.10 Å². The summed E-state index contributed by atoms with van der Waals surface area (Å²) in [5, 5.41) is 23.6. The molecule has 0 fully saturated rings. The van der Waals surface area contributed by atoms with Gasteiger partial charge in [0.1, 0.15) is 0 Å². The van der Waals surface area contributed by atoms with Crippen molar-refractivity contribution in [2.75, 3.05) is 0 Å². The van der Waals surface area contributed by atoms with E-state index in [0.717, 1.165) is 0 Å². The Balaban J connectivity index is 2.47. The molecule has 0 bridgehead atoms. The molecule has 0 amide bonds. The van der Waals surface area contributed by atoms with Crippen molar-refractivity contribution in [3.8, 4) is 11.4 Å². The zero-order chi connectivity index (χ0) is 11.7. The molecule has 7 heteroatoms. The second-order valence-corrected chi connectivity index (χ2v) is 3.44. The van der Waals surface area contributed by atoms with E-state index in [1.807, 2.05) is 0 Å². The van der Waals surface area contributed by atoms with Gasteiger partial charge in [0.25, 0.3) is 5.69 Å². The summed E-state index contributed by atoms with van der Waals surface area (Å²) in [4.78, 5) is 9.96. The van der Waals surface area contributed by atoms with Gasteiger partial charge in [-0.3, -0.25) is 10.1 Å². The summed E-state index contributed by atoms with van der Waals surface area (Å²) in [5.41, 5.74) is 0.373. The molecule has 0 spiro atoms. The topological polar surface area (TPSA) is 81.2 Å². The molecular weight excluding hydrogens is 234 g/mol. The quantitative estimate of drug-likeness (QED) is 0.643. The Hall–Kier alpha value is -2.08. The number of benzene rings is 1. The van der Waals surface area contributed by atoms with Crippen LogP contribution >= 0.6 is 11.6 Å². The first-order valence-corrected chi connectivity index (χ1v) is 4.63. The van der Waals surface area contributed by atoms with Crippen molar-refractivity contribution in [2.45, 2.75) is 0 Å². The number of nitro benzene ring substituents is 1. The molecule has 0 unspecified atom stereocenters. The van der Waals surface area contributed by atoms with Gasteiger partial charge >= 0.3 is 0 Å². The fraction of sp³-hybridized carbons (Fsp3) is 0. The zero-order valence-electron chi connectivity index (χ0n) is 7.87. The van der Waals surface area contributed by atoms with Crippen molar-refractivity contribution in [1.29, 1.82) is 0 Å². The third kappa shape index (κ3) is 1.82. The van der Waals surface area contributed by atoms with Gasteiger partial charge in [-0.15, -0.1) is 0 Å². The van der Waals surface area contributed by atoms with Crippen LogP contribution in [-0.4, -0.2) is 19.8 Å². The van der Waals surface area contributed by atoms with Crippen molar-refractivity contribution >= 4 is 17.3 Å². The van der Waals surface area contributed by atoms with Gasteiger partial charge in [-0.25, -0.2) is 4.68 Å². The molecule has 0 radical (unpaired) electrons. The number of hydrogen-bond donors (Lipinski definition) is 1. The van der Waals surface area contributed by atoms with Crippen LogP contribution in [0.1, 0.15) is 0 Å². The predicted octanol–water partition coefficient (Wildman–Crippen LogP) is 2.14. The maximum absolute atomic E-state index is 10.5. The summed E-state index contributed by atoms with van der Waals surface area (Å²) >= 11 is 5.87. The first-order valence-electron chi connectivity index (χ1n) is 4.26. The Kier molecular flexibility index (Phi) is 2.49. The molecule has 0 aliphatic carbocycles. The summed E-state index contributed by atoms with van der Waals surface area (Å²) in [6.07, 6.45) is 2.60. The Morgan fingerprint density at radius 1 is 1.50 bits per heavy atom. The molecule has 0 atom stereocenters. The second kappa shape index (κ2) is 3.82. The van der Waals surface area contributed by atoms with Gasteiger partial charge < -0.3 is 5.11 Å². The van der Waals surface area contributed by atoms with Crippen LogP contribution in [0.3, 0.4) is 0 Å². The summed E-state index contributed by atoms with van der Waals surface area (Å²) < 4.78 is 1.33. The number of aromatic nitrogens is 2. The molecule has 16 heavy (non-hydrogen) atoms. The fourth-order valence-corrected chi connectivity index (χ4v) is 1.50. The Morgan fingerprint density at radius 2 is 2.25 bits per heavy atom. The summed E-state index contributed by atoms with van der Waals surface area (Å²) in [7, 11) is 0. The summed E-state index contributed by atoms with van der Waals surface area (Å²) in [6, 6.07) is 4.02. The molecule has 2 aromatic rings. The lowest BCUT2D eigenvalue weighted by Crippen LogP contribution is -1.96.